The van der Waals surface area contributed by atoms with E-state index in [1.54, 1.807) is 12.3 Å². The Bertz CT molecular complexity index is 1780. The first-order valence-electron chi connectivity index (χ1n) is 18.1. The van der Waals surface area contributed by atoms with Crippen LogP contribution in [0.3, 0.4) is 0 Å². The predicted octanol–water partition coefficient (Wildman–Crippen LogP) is 2.43. The van der Waals surface area contributed by atoms with E-state index in [4.69, 9.17) is 11.5 Å². The van der Waals surface area contributed by atoms with Gasteiger partial charge in [0.05, 0.1) is 12.1 Å². The monoisotopic (exact) mass is 769 g/mol. The Morgan fingerprint density at radius 3 is 2.22 bits per heavy atom. The van der Waals surface area contributed by atoms with Gasteiger partial charge in [-0.25, -0.2) is 13.6 Å². The largest absolute Gasteiger partial charge is 0.480 e. The molecule has 0 bridgehead atoms. The molecule has 55 heavy (non-hydrogen) atoms. The highest BCUT2D eigenvalue weighted by Gasteiger charge is 2.38. The van der Waals surface area contributed by atoms with E-state index in [0.717, 1.165) is 23.8 Å². The molecule has 3 unspecified atom stereocenters. The quantitative estimate of drug-likeness (QED) is 0.0838. The second kappa shape index (κ2) is 20.5. The number of carboxylic acids is 1. The first kappa shape index (κ1) is 44.2. The maximum absolute atomic E-state index is 15.0. The van der Waals surface area contributed by atoms with Gasteiger partial charge in [-0.2, -0.15) is 0 Å². The average molecular weight is 770 g/mol. The number of amides is 4. The fourth-order valence-corrected chi connectivity index (χ4v) is 6.32. The summed E-state index contributed by atoms with van der Waals surface area (Å²) in [6, 6.07) is 9.54. The third-order valence-corrected chi connectivity index (χ3v) is 8.99. The molecule has 0 aliphatic carbocycles. The minimum absolute atomic E-state index is 0.0147. The van der Waals surface area contributed by atoms with Crippen molar-refractivity contribution in [3.8, 4) is 11.1 Å². The molecule has 0 aliphatic rings. The number of aliphatic hydroxyl groups is 1. The number of rotatable bonds is 20. The van der Waals surface area contributed by atoms with Crippen LogP contribution in [0.15, 0.2) is 60.8 Å². The van der Waals surface area contributed by atoms with Crippen LogP contribution in [0, 0.1) is 17.0 Å². The lowest BCUT2D eigenvalue weighted by atomic mass is 9.82. The van der Waals surface area contributed by atoms with Crippen molar-refractivity contribution in [2.24, 2.45) is 16.9 Å². The van der Waals surface area contributed by atoms with E-state index in [1.165, 1.54) is 11.8 Å². The second-order valence-electron chi connectivity index (χ2n) is 14.5. The molecule has 2 aromatic carbocycles. The molecule has 14 nitrogen and oxygen atoms in total. The van der Waals surface area contributed by atoms with Crippen LogP contribution in [0.2, 0.25) is 0 Å². The van der Waals surface area contributed by atoms with Gasteiger partial charge in [0.25, 0.3) is 0 Å². The van der Waals surface area contributed by atoms with Gasteiger partial charge in [-0.15, -0.1) is 0 Å². The zero-order chi connectivity index (χ0) is 40.9. The van der Waals surface area contributed by atoms with Gasteiger partial charge in [0.15, 0.2) is 0 Å². The van der Waals surface area contributed by atoms with Gasteiger partial charge in [0, 0.05) is 49.6 Å². The van der Waals surface area contributed by atoms with E-state index < -0.39 is 84.0 Å². The fraction of sp³-hybridized carbons (Fsp3) is 0.462. The van der Waals surface area contributed by atoms with Crippen LogP contribution in [0.5, 0.6) is 0 Å². The van der Waals surface area contributed by atoms with Crippen LogP contribution >= 0.6 is 0 Å². The number of carbonyl (C=O) groups is 5. The number of hydrogen-bond acceptors (Lipinski definition) is 8. The molecule has 0 aliphatic heterocycles. The molecular formula is C39H53F2N7O7. The van der Waals surface area contributed by atoms with E-state index in [0.29, 0.717) is 37.2 Å². The van der Waals surface area contributed by atoms with Crippen molar-refractivity contribution < 1.29 is 43.0 Å². The highest BCUT2D eigenvalue weighted by Crippen LogP contribution is 2.41. The number of nitrogens with zero attached hydrogens (tertiary/aromatic N) is 2. The number of nitrogens with one attached hydrogen (secondary N) is 3. The summed E-state index contributed by atoms with van der Waals surface area (Å²) in [4.78, 5) is 64.6. The fourth-order valence-electron chi connectivity index (χ4n) is 6.32. The van der Waals surface area contributed by atoms with Gasteiger partial charge < -0.3 is 47.1 Å². The molecule has 0 saturated carbocycles. The Balaban J connectivity index is 1.87. The minimum atomic E-state index is -1.58. The van der Waals surface area contributed by atoms with E-state index in [2.05, 4.69) is 16.0 Å². The van der Waals surface area contributed by atoms with Crippen LogP contribution in [-0.4, -0.2) is 93.6 Å². The first-order chi connectivity index (χ1) is 26.0. The van der Waals surface area contributed by atoms with Gasteiger partial charge in [0.1, 0.15) is 30.3 Å². The van der Waals surface area contributed by atoms with Gasteiger partial charge >= 0.3 is 5.97 Å². The third kappa shape index (κ3) is 13.0. The van der Waals surface area contributed by atoms with Gasteiger partial charge in [-0.05, 0) is 67.5 Å². The van der Waals surface area contributed by atoms with Gasteiger partial charge in [-0.3, -0.25) is 19.2 Å². The highest BCUT2D eigenvalue weighted by atomic mass is 19.1. The number of aromatic nitrogens is 1. The van der Waals surface area contributed by atoms with Crippen molar-refractivity contribution in [1.82, 2.24) is 25.4 Å². The number of benzene rings is 2. The number of hydrogen-bond donors (Lipinski definition) is 7. The van der Waals surface area contributed by atoms with E-state index in [-0.39, 0.29) is 24.9 Å². The Labute approximate surface area is 319 Å². The number of unbranched alkanes of at least 4 members (excludes halogenated alkanes) is 1. The number of halogens is 2. The topological polar surface area (TPSA) is 222 Å². The summed E-state index contributed by atoms with van der Waals surface area (Å²) in [6.07, 6.45) is 2.93. The minimum Gasteiger partial charge on any atom is -0.480 e. The van der Waals surface area contributed by atoms with Gasteiger partial charge in [0.2, 0.25) is 23.6 Å². The van der Waals surface area contributed by atoms with Crippen molar-refractivity contribution in [1.29, 1.82) is 0 Å². The molecule has 0 saturated heterocycles. The zero-order valence-electron chi connectivity index (χ0n) is 31.7. The second-order valence-corrected chi connectivity index (χ2v) is 14.5. The number of carboxylic acid groups (broad SMARTS) is 1. The molecule has 0 radical (unpaired) electrons. The van der Waals surface area contributed by atoms with Crippen molar-refractivity contribution in [2.75, 3.05) is 26.2 Å². The Kier molecular flexibility index (Phi) is 16.5. The normalized spacial score (nSPS) is 13.6. The lowest BCUT2D eigenvalue weighted by Gasteiger charge is -2.41. The van der Waals surface area contributed by atoms with E-state index in [9.17, 15) is 38.6 Å². The molecular weight excluding hydrogens is 716 g/mol. The van der Waals surface area contributed by atoms with Crippen LogP contribution < -0.4 is 27.4 Å². The molecule has 1 heterocycles. The SMILES string of the molecule is CC(=O)NC(CCCCN)C(=O)NCC(NC(=O)[C@@H](N)CCN(C(=O)CO)C(c1cc(-c2cc(F)ccc2F)cn1Cc1ccccc1)C(C)(C)C)C(=O)O. The lowest BCUT2D eigenvalue weighted by molar-refractivity contribution is -0.142. The summed E-state index contributed by atoms with van der Waals surface area (Å²) in [5.41, 5.74) is 12.8. The molecule has 3 rings (SSSR count). The summed E-state index contributed by atoms with van der Waals surface area (Å²) in [7, 11) is 0. The molecule has 16 heteroatoms. The van der Waals surface area contributed by atoms with Crippen LogP contribution in [0.1, 0.15) is 70.7 Å². The number of carbonyl (C=O) groups excluding carboxylic acids is 4. The van der Waals surface area contributed by atoms with E-state index in [1.807, 2.05) is 55.7 Å². The predicted molar refractivity (Wildman–Crippen MR) is 202 cm³/mol. The summed E-state index contributed by atoms with van der Waals surface area (Å²) in [5, 5.41) is 27.2. The van der Waals surface area contributed by atoms with Crippen molar-refractivity contribution in [3.05, 3.63) is 83.7 Å². The number of nitrogens with two attached hydrogens (primary N) is 2. The summed E-state index contributed by atoms with van der Waals surface area (Å²) in [5.74, 6) is -5.38. The maximum atomic E-state index is 15.0. The standard InChI is InChI=1S/C39H53F2N7O7/c1-24(50)45-31(12-8-9-16-42)37(53)44-20-32(38(54)55)46-36(52)30(43)15-17-48(34(51)23-49)35(39(2,3)4)33-18-26(28-19-27(40)13-14-29(28)41)22-47(33)21-25-10-6-5-7-11-25/h5-7,10-11,13-14,18-19,22,30-32,35,49H,8-9,12,15-17,20-21,23,42-43H2,1-4H3,(H,44,53)(H,45,50)(H,46,52)(H,54,55)/t30-,31?,32?,35?/m0/s1. The molecule has 3 aromatic rings. The number of aliphatic carboxylic acids is 1. The lowest BCUT2D eigenvalue weighted by Crippen LogP contribution is -2.55. The summed E-state index contributed by atoms with van der Waals surface area (Å²) < 4.78 is 31.2. The Morgan fingerprint density at radius 1 is 0.927 bits per heavy atom. The molecule has 1 aromatic heterocycles. The van der Waals surface area contributed by atoms with Crippen molar-refractivity contribution >= 4 is 29.6 Å². The first-order valence-corrected chi connectivity index (χ1v) is 18.1. The van der Waals surface area contributed by atoms with E-state index >= 15 is 4.39 Å². The van der Waals surface area contributed by atoms with Crippen LogP contribution in [-0.2, 0) is 30.5 Å². The molecule has 9 N–H and O–H groups in total. The van der Waals surface area contributed by atoms with Crippen molar-refractivity contribution in [2.45, 2.75) is 84.1 Å². The smallest absolute Gasteiger partial charge is 0.328 e. The van der Waals surface area contributed by atoms with Gasteiger partial charge in [-0.1, -0.05) is 51.1 Å². The summed E-state index contributed by atoms with van der Waals surface area (Å²) >= 11 is 0. The molecule has 0 spiro atoms. The number of aliphatic hydroxyl groups excluding tert-OH is 1. The average Bonchev–Trinajstić information content (AvgIpc) is 3.53. The third-order valence-electron chi connectivity index (χ3n) is 8.99. The van der Waals surface area contributed by atoms with Crippen LogP contribution in [0.25, 0.3) is 11.1 Å². The molecule has 300 valence electrons. The maximum Gasteiger partial charge on any atom is 0.328 e. The van der Waals surface area contributed by atoms with Crippen LogP contribution in [0.4, 0.5) is 8.78 Å². The Morgan fingerprint density at radius 2 is 1.62 bits per heavy atom. The molecule has 4 atom stereocenters. The highest BCUT2D eigenvalue weighted by molar-refractivity contribution is 5.89. The zero-order valence-corrected chi connectivity index (χ0v) is 31.7. The summed E-state index contributed by atoms with van der Waals surface area (Å²) in [6.45, 7) is 5.99. The molecule has 0 fully saturated rings. The Hall–Kier alpha value is -5.19. The molecule has 4 amide bonds. The van der Waals surface area contributed by atoms with Crippen molar-refractivity contribution in [3.63, 3.8) is 0 Å².